The van der Waals surface area contributed by atoms with Crippen molar-refractivity contribution in [1.82, 2.24) is 14.5 Å². The van der Waals surface area contributed by atoms with Gasteiger partial charge in [0.05, 0.1) is 23.6 Å². The molecule has 3 heterocycles. The van der Waals surface area contributed by atoms with E-state index in [1.807, 2.05) is 45.0 Å². The lowest BCUT2D eigenvalue weighted by atomic mass is 10.1. The monoisotopic (exact) mass is 738 g/mol. The summed E-state index contributed by atoms with van der Waals surface area (Å²) in [6.45, 7) is 5.48. The van der Waals surface area contributed by atoms with Crippen LogP contribution < -0.4 is 9.64 Å². The van der Waals surface area contributed by atoms with Crippen LogP contribution in [-0.2, 0) is 14.2 Å². The minimum atomic E-state index is -0.856. The van der Waals surface area contributed by atoms with Crippen LogP contribution in [0.3, 0.4) is 0 Å². The number of methoxy groups -OCH3 is 1. The number of rotatable bonds is 10. The molecule has 3 atom stereocenters. The maximum absolute atomic E-state index is 14.1. The van der Waals surface area contributed by atoms with Gasteiger partial charge < -0.3 is 23.5 Å². The van der Waals surface area contributed by atoms with Crippen LogP contribution >= 0.6 is 0 Å². The van der Waals surface area contributed by atoms with E-state index < -0.39 is 42.2 Å². The first-order chi connectivity index (χ1) is 26.6. The number of benzene rings is 4. The van der Waals surface area contributed by atoms with Gasteiger partial charge in [-0.2, -0.15) is 9.97 Å². The van der Waals surface area contributed by atoms with Gasteiger partial charge in [0, 0.05) is 23.7 Å². The molecular formula is C43H38N4O8. The number of carbonyl (C=O) groups is 4. The number of nitrogens with zero attached hydrogens (tertiary/aromatic N) is 4. The van der Waals surface area contributed by atoms with Crippen molar-refractivity contribution in [1.29, 1.82) is 0 Å². The zero-order chi connectivity index (χ0) is 38.6. The number of hydrogen-bond donors (Lipinski definition) is 0. The van der Waals surface area contributed by atoms with Gasteiger partial charge in [0.15, 0.2) is 5.65 Å². The number of ether oxygens (including phenoxy) is 4. The van der Waals surface area contributed by atoms with E-state index in [9.17, 15) is 19.2 Å². The summed E-state index contributed by atoms with van der Waals surface area (Å²) in [5.41, 5.74) is 4.25. The summed E-state index contributed by atoms with van der Waals surface area (Å²) in [6, 6.07) is 30.7. The van der Waals surface area contributed by atoms with Crippen molar-refractivity contribution in [3.05, 3.63) is 154 Å². The van der Waals surface area contributed by atoms with Gasteiger partial charge in [0.1, 0.15) is 25.0 Å². The van der Waals surface area contributed by atoms with E-state index >= 15 is 0 Å². The average molecular weight is 739 g/mol. The van der Waals surface area contributed by atoms with Gasteiger partial charge in [-0.25, -0.2) is 14.5 Å². The molecule has 0 radical (unpaired) electrons. The van der Waals surface area contributed by atoms with Crippen LogP contribution in [-0.4, -0.2) is 64.2 Å². The molecule has 0 N–H and O–H groups in total. The number of amides is 2. The van der Waals surface area contributed by atoms with Crippen molar-refractivity contribution < 1.29 is 38.1 Å². The maximum atomic E-state index is 14.1. The minimum absolute atomic E-state index is 0.131. The topological polar surface area (TPSA) is 139 Å². The third-order valence-electron chi connectivity index (χ3n) is 9.36. The van der Waals surface area contributed by atoms with Crippen LogP contribution in [0.1, 0.15) is 70.8 Å². The molecule has 278 valence electrons. The Morgan fingerprint density at radius 1 is 0.727 bits per heavy atom. The number of aryl methyl sites for hydroxylation is 3. The number of carbonyl (C=O) groups excluding carboxylic acids is 4. The molecule has 0 bridgehead atoms. The Balaban J connectivity index is 1.26. The van der Waals surface area contributed by atoms with E-state index in [2.05, 4.69) is 4.98 Å². The molecule has 6 aromatic rings. The molecule has 0 aliphatic carbocycles. The lowest BCUT2D eigenvalue weighted by Crippen LogP contribution is -2.38. The predicted molar refractivity (Wildman–Crippen MR) is 203 cm³/mol. The summed E-state index contributed by atoms with van der Waals surface area (Å²) in [7, 11) is 1.44. The SMILES string of the molecule is COc1nc(N(C(=O)c2ccccc2)C(=O)c2ccccc2)nc2c1c(C)cn2C1C[C@@H](OC(=O)c2ccc(C)cc2)C(COC(=O)c2ccc(C)cc2)O1. The summed E-state index contributed by atoms with van der Waals surface area (Å²) < 4.78 is 25.7. The Kier molecular flexibility index (Phi) is 10.5. The van der Waals surface area contributed by atoms with Crippen LogP contribution in [0, 0.1) is 20.8 Å². The van der Waals surface area contributed by atoms with Crippen molar-refractivity contribution in [2.75, 3.05) is 18.6 Å². The standard InChI is InChI=1S/C43H38N4O8/c1-26-15-19-31(20-16-26)41(50)53-25-34-33(55-42(51)32-21-17-27(2)18-22-32)23-35(54-34)46-24-28(3)36-37(46)44-43(45-38(36)52-4)47(39(48)29-11-7-5-8-12-29)40(49)30-13-9-6-10-14-30/h5-22,24,33-35H,23,25H2,1-4H3/t33-,34?,35?/m1/s1. The molecule has 0 spiro atoms. The molecule has 2 unspecified atom stereocenters. The number of aromatic nitrogens is 3. The molecule has 0 saturated carbocycles. The highest BCUT2D eigenvalue weighted by molar-refractivity contribution is 6.25. The van der Waals surface area contributed by atoms with E-state index in [0.717, 1.165) is 21.6 Å². The van der Waals surface area contributed by atoms with Gasteiger partial charge in [0.2, 0.25) is 11.8 Å². The number of fused-ring (bicyclic) bond motifs is 1. The van der Waals surface area contributed by atoms with E-state index in [0.29, 0.717) is 22.2 Å². The molecule has 2 amide bonds. The zero-order valence-corrected chi connectivity index (χ0v) is 30.7. The number of esters is 2. The third-order valence-corrected chi connectivity index (χ3v) is 9.36. The highest BCUT2D eigenvalue weighted by Crippen LogP contribution is 2.38. The molecule has 2 aromatic heterocycles. The Labute approximate surface area is 317 Å². The average Bonchev–Trinajstić information content (AvgIpc) is 3.77. The normalized spacial score (nSPS) is 16.4. The van der Waals surface area contributed by atoms with Crippen molar-refractivity contribution in [2.45, 2.75) is 45.6 Å². The van der Waals surface area contributed by atoms with Gasteiger partial charge in [0.25, 0.3) is 11.8 Å². The molecule has 7 rings (SSSR count). The molecule has 1 aliphatic rings. The fourth-order valence-electron chi connectivity index (χ4n) is 6.42. The second-order valence-corrected chi connectivity index (χ2v) is 13.3. The third kappa shape index (κ3) is 7.71. The minimum Gasteiger partial charge on any atom is -0.480 e. The molecule has 4 aromatic carbocycles. The van der Waals surface area contributed by atoms with Crippen LogP contribution in [0.15, 0.2) is 115 Å². The summed E-state index contributed by atoms with van der Waals surface area (Å²) in [5.74, 6) is -2.46. The molecule has 1 fully saturated rings. The highest BCUT2D eigenvalue weighted by atomic mass is 16.6. The van der Waals surface area contributed by atoms with E-state index in [1.165, 1.54) is 7.11 Å². The first-order valence-electron chi connectivity index (χ1n) is 17.7. The molecular weight excluding hydrogens is 700 g/mol. The Morgan fingerprint density at radius 3 is 1.82 bits per heavy atom. The number of hydrogen-bond acceptors (Lipinski definition) is 10. The summed E-state index contributed by atoms with van der Waals surface area (Å²) >= 11 is 0. The van der Waals surface area contributed by atoms with Crippen LogP contribution in [0.5, 0.6) is 5.88 Å². The first kappa shape index (κ1) is 36.7. The molecule has 12 heteroatoms. The van der Waals surface area contributed by atoms with Gasteiger partial charge in [-0.15, -0.1) is 0 Å². The van der Waals surface area contributed by atoms with Crippen molar-refractivity contribution >= 4 is 40.7 Å². The molecule has 1 saturated heterocycles. The quantitative estimate of drug-likeness (QED) is 0.105. The van der Waals surface area contributed by atoms with Gasteiger partial charge in [-0.3, -0.25) is 9.59 Å². The molecule has 1 aliphatic heterocycles. The number of anilines is 1. The lowest BCUT2D eigenvalue weighted by molar-refractivity contribution is -0.0562. The van der Waals surface area contributed by atoms with E-state index in [-0.39, 0.29) is 36.0 Å². The van der Waals surface area contributed by atoms with E-state index in [4.69, 9.17) is 23.9 Å². The number of imide groups is 1. The fourth-order valence-corrected chi connectivity index (χ4v) is 6.42. The van der Waals surface area contributed by atoms with Crippen molar-refractivity contribution in [2.24, 2.45) is 0 Å². The summed E-state index contributed by atoms with van der Waals surface area (Å²) in [6.07, 6.45) is -0.527. The van der Waals surface area contributed by atoms with Crippen molar-refractivity contribution in [3.63, 3.8) is 0 Å². The smallest absolute Gasteiger partial charge is 0.338 e. The van der Waals surface area contributed by atoms with E-state index in [1.54, 1.807) is 95.7 Å². The predicted octanol–water partition coefficient (Wildman–Crippen LogP) is 7.22. The fraction of sp³-hybridized carbons (Fsp3) is 0.209. The highest BCUT2D eigenvalue weighted by Gasteiger charge is 2.41. The summed E-state index contributed by atoms with van der Waals surface area (Å²) in [5, 5.41) is 0.525. The van der Waals surface area contributed by atoms with Crippen molar-refractivity contribution in [3.8, 4) is 5.88 Å². The van der Waals surface area contributed by atoms with Crippen LogP contribution in [0.2, 0.25) is 0 Å². The van der Waals surface area contributed by atoms with Crippen LogP contribution in [0.25, 0.3) is 11.0 Å². The zero-order valence-electron chi connectivity index (χ0n) is 30.7. The second kappa shape index (κ2) is 15.7. The Hall–Kier alpha value is -6.66. The molecule has 12 nitrogen and oxygen atoms in total. The maximum Gasteiger partial charge on any atom is 0.338 e. The Morgan fingerprint density at radius 2 is 1.27 bits per heavy atom. The molecule has 55 heavy (non-hydrogen) atoms. The van der Waals surface area contributed by atoms with Crippen LogP contribution in [0.4, 0.5) is 5.95 Å². The lowest BCUT2D eigenvalue weighted by Gasteiger charge is -2.21. The first-order valence-corrected chi connectivity index (χ1v) is 17.7. The Bertz CT molecular complexity index is 2310. The largest absolute Gasteiger partial charge is 0.480 e. The van der Waals surface area contributed by atoms with Gasteiger partial charge in [-0.05, 0) is 74.9 Å². The summed E-state index contributed by atoms with van der Waals surface area (Å²) in [4.78, 5) is 64.9. The second-order valence-electron chi connectivity index (χ2n) is 13.3. The van der Waals surface area contributed by atoms with Gasteiger partial charge >= 0.3 is 11.9 Å². The van der Waals surface area contributed by atoms with Gasteiger partial charge in [-0.1, -0.05) is 71.8 Å².